The first kappa shape index (κ1) is 14.9. The Balaban J connectivity index is 1.55. The number of nitrogens with one attached hydrogen (secondary N) is 1. The lowest BCUT2D eigenvalue weighted by atomic mass is 10.0. The fourth-order valence-corrected chi connectivity index (χ4v) is 4.25. The van der Waals surface area contributed by atoms with E-state index < -0.39 is 0 Å². The SMILES string of the molecule is Cn1ccnc(N2CCC(NC3CCCSC3)CC2)c1=O. The van der Waals surface area contributed by atoms with E-state index in [0.29, 0.717) is 17.9 Å². The van der Waals surface area contributed by atoms with Crippen molar-refractivity contribution in [3.05, 3.63) is 22.7 Å². The zero-order chi connectivity index (χ0) is 14.7. The van der Waals surface area contributed by atoms with E-state index in [1.54, 1.807) is 24.0 Å². The minimum Gasteiger partial charge on any atom is -0.352 e. The highest BCUT2D eigenvalue weighted by Gasteiger charge is 2.24. The topological polar surface area (TPSA) is 50.2 Å². The Hall–Kier alpha value is -1.01. The Bertz CT molecular complexity index is 519. The molecule has 1 aromatic heterocycles. The molecule has 1 unspecified atom stereocenters. The molecular weight excluding hydrogens is 284 g/mol. The summed E-state index contributed by atoms with van der Waals surface area (Å²) in [6, 6.07) is 1.28. The van der Waals surface area contributed by atoms with Crippen LogP contribution in [0.1, 0.15) is 25.7 Å². The lowest BCUT2D eigenvalue weighted by Gasteiger charge is -2.35. The minimum absolute atomic E-state index is 0.00703. The van der Waals surface area contributed by atoms with Crippen LogP contribution in [-0.4, -0.2) is 46.2 Å². The van der Waals surface area contributed by atoms with Gasteiger partial charge in [-0.3, -0.25) is 4.79 Å². The Morgan fingerprint density at radius 2 is 2.10 bits per heavy atom. The molecule has 2 saturated heterocycles. The van der Waals surface area contributed by atoms with Crippen molar-refractivity contribution in [3.63, 3.8) is 0 Å². The maximum Gasteiger partial charge on any atom is 0.293 e. The van der Waals surface area contributed by atoms with Gasteiger partial charge in [0.05, 0.1) is 0 Å². The number of piperidine rings is 1. The maximum atomic E-state index is 12.1. The summed E-state index contributed by atoms with van der Waals surface area (Å²) in [5.74, 6) is 3.17. The summed E-state index contributed by atoms with van der Waals surface area (Å²) in [5, 5.41) is 3.80. The number of thioether (sulfide) groups is 1. The molecule has 21 heavy (non-hydrogen) atoms. The molecule has 0 amide bonds. The molecule has 3 rings (SSSR count). The van der Waals surface area contributed by atoms with Gasteiger partial charge in [-0.1, -0.05) is 0 Å². The molecule has 0 bridgehead atoms. The average molecular weight is 308 g/mol. The number of hydrogen-bond acceptors (Lipinski definition) is 5. The van der Waals surface area contributed by atoms with E-state index >= 15 is 0 Å². The third kappa shape index (κ3) is 3.61. The average Bonchev–Trinajstić information content (AvgIpc) is 2.52. The first-order valence-electron chi connectivity index (χ1n) is 7.84. The van der Waals surface area contributed by atoms with E-state index in [-0.39, 0.29) is 5.56 Å². The molecule has 1 N–H and O–H groups in total. The molecule has 6 heteroatoms. The molecule has 2 fully saturated rings. The zero-order valence-corrected chi connectivity index (χ0v) is 13.4. The van der Waals surface area contributed by atoms with Crippen molar-refractivity contribution in [2.24, 2.45) is 7.05 Å². The van der Waals surface area contributed by atoms with Gasteiger partial charge >= 0.3 is 0 Å². The van der Waals surface area contributed by atoms with Crippen molar-refractivity contribution in [3.8, 4) is 0 Å². The number of aryl methyl sites for hydroxylation is 1. The zero-order valence-electron chi connectivity index (χ0n) is 12.6. The van der Waals surface area contributed by atoms with Gasteiger partial charge in [-0.25, -0.2) is 4.98 Å². The Kier molecular flexibility index (Phi) is 4.85. The van der Waals surface area contributed by atoms with Gasteiger partial charge in [-0.15, -0.1) is 0 Å². The minimum atomic E-state index is 0.00703. The van der Waals surface area contributed by atoms with E-state index in [4.69, 9.17) is 0 Å². The highest BCUT2D eigenvalue weighted by Crippen LogP contribution is 2.20. The van der Waals surface area contributed by atoms with Gasteiger partial charge in [0.1, 0.15) is 0 Å². The van der Waals surface area contributed by atoms with Crippen molar-refractivity contribution in [2.45, 2.75) is 37.8 Å². The summed E-state index contributed by atoms with van der Waals surface area (Å²) in [4.78, 5) is 18.5. The quantitative estimate of drug-likeness (QED) is 0.910. The predicted molar refractivity (Wildman–Crippen MR) is 88.2 cm³/mol. The lowest BCUT2D eigenvalue weighted by Crippen LogP contribution is -2.48. The van der Waals surface area contributed by atoms with Crippen LogP contribution >= 0.6 is 11.8 Å². The van der Waals surface area contributed by atoms with Crippen molar-refractivity contribution in [1.82, 2.24) is 14.9 Å². The largest absolute Gasteiger partial charge is 0.352 e. The number of aromatic nitrogens is 2. The molecule has 2 aliphatic heterocycles. The predicted octanol–water partition coefficient (Wildman–Crippen LogP) is 1.23. The number of anilines is 1. The Morgan fingerprint density at radius 1 is 1.29 bits per heavy atom. The van der Waals surface area contributed by atoms with Crippen LogP contribution in [0.25, 0.3) is 0 Å². The second kappa shape index (κ2) is 6.83. The summed E-state index contributed by atoms with van der Waals surface area (Å²) in [5.41, 5.74) is 0.00703. The van der Waals surface area contributed by atoms with Gasteiger partial charge in [-0.2, -0.15) is 11.8 Å². The van der Waals surface area contributed by atoms with Crippen LogP contribution in [0, 0.1) is 0 Å². The van der Waals surface area contributed by atoms with Crippen molar-refractivity contribution in [1.29, 1.82) is 0 Å². The fraction of sp³-hybridized carbons (Fsp3) is 0.733. The third-order valence-electron chi connectivity index (χ3n) is 4.42. The summed E-state index contributed by atoms with van der Waals surface area (Å²) in [6.07, 6.45) is 8.27. The monoisotopic (exact) mass is 308 g/mol. The second-order valence-electron chi connectivity index (χ2n) is 6.01. The van der Waals surface area contributed by atoms with Gasteiger partial charge in [0.25, 0.3) is 5.56 Å². The first-order valence-corrected chi connectivity index (χ1v) is 9.00. The van der Waals surface area contributed by atoms with Gasteiger partial charge in [0.2, 0.25) is 0 Å². The van der Waals surface area contributed by atoms with Crippen molar-refractivity contribution in [2.75, 3.05) is 29.5 Å². The number of nitrogens with zero attached hydrogens (tertiary/aromatic N) is 3. The molecule has 5 nitrogen and oxygen atoms in total. The van der Waals surface area contributed by atoms with E-state index in [9.17, 15) is 4.79 Å². The summed E-state index contributed by atoms with van der Waals surface area (Å²) < 4.78 is 1.60. The molecule has 116 valence electrons. The summed E-state index contributed by atoms with van der Waals surface area (Å²) in [7, 11) is 1.78. The molecule has 0 aliphatic carbocycles. The molecule has 0 spiro atoms. The van der Waals surface area contributed by atoms with Crippen LogP contribution in [0.3, 0.4) is 0 Å². The Morgan fingerprint density at radius 3 is 2.81 bits per heavy atom. The highest BCUT2D eigenvalue weighted by molar-refractivity contribution is 7.99. The summed E-state index contributed by atoms with van der Waals surface area (Å²) in [6.45, 7) is 1.84. The Labute approximate surface area is 130 Å². The van der Waals surface area contributed by atoms with Gasteiger partial charge in [0, 0.05) is 50.4 Å². The smallest absolute Gasteiger partial charge is 0.293 e. The summed E-state index contributed by atoms with van der Waals surface area (Å²) >= 11 is 2.07. The van der Waals surface area contributed by atoms with E-state index in [1.807, 2.05) is 0 Å². The standard InChI is InChI=1S/C15H24N4OS/c1-18-9-6-16-14(15(18)20)19-7-4-12(5-8-19)17-13-3-2-10-21-11-13/h6,9,12-13,17H,2-5,7-8,10-11H2,1H3. The van der Waals surface area contributed by atoms with Crippen LogP contribution < -0.4 is 15.8 Å². The first-order chi connectivity index (χ1) is 10.2. The molecule has 0 radical (unpaired) electrons. The highest BCUT2D eigenvalue weighted by atomic mass is 32.2. The molecule has 3 heterocycles. The van der Waals surface area contributed by atoms with Crippen molar-refractivity contribution < 1.29 is 0 Å². The fourth-order valence-electron chi connectivity index (χ4n) is 3.16. The van der Waals surface area contributed by atoms with E-state index in [1.165, 1.54) is 24.3 Å². The van der Waals surface area contributed by atoms with Crippen LogP contribution in [0.5, 0.6) is 0 Å². The van der Waals surface area contributed by atoms with Crippen LogP contribution in [0.15, 0.2) is 17.2 Å². The molecule has 2 aliphatic rings. The van der Waals surface area contributed by atoms with Gasteiger partial charge < -0.3 is 14.8 Å². The van der Waals surface area contributed by atoms with E-state index in [2.05, 4.69) is 27.0 Å². The van der Waals surface area contributed by atoms with Crippen LogP contribution in [0.2, 0.25) is 0 Å². The van der Waals surface area contributed by atoms with Crippen LogP contribution in [0.4, 0.5) is 5.82 Å². The third-order valence-corrected chi connectivity index (χ3v) is 5.64. The van der Waals surface area contributed by atoms with Gasteiger partial charge in [-0.05, 0) is 31.4 Å². The molecule has 1 atom stereocenters. The normalized spacial score (nSPS) is 24.2. The molecular formula is C15H24N4OS. The van der Waals surface area contributed by atoms with Crippen molar-refractivity contribution >= 4 is 17.6 Å². The second-order valence-corrected chi connectivity index (χ2v) is 7.16. The molecule has 1 aromatic rings. The molecule has 0 aromatic carbocycles. The van der Waals surface area contributed by atoms with E-state index in [0.717, 1.165) is 25.9 Å². The van der Waals surface area contributed by atoms with Gasteiger partial charge in [0.15, 0.2) is 5.82 Å². The maximum absolute atomic E-state index is 12.1. The molecule has 0 saturated carbocycles. The lowest BCUT2D eigenvalue weighted by molar-refractivity contribution is 0.364. The number of hydrogen-bond donors (Lipinski definition) is 1. The number of rotatable bonds is 3. The van der Waals surface area contributed by atoms with Crippen LogP contribution in [-0.2, 0) is 7.05 Å².